The van der Waals surface area contributed by atoms with Crippen molar-refractivity contribution in [3.63, 3.8) is 0 Å². The summed E-state index contributed by atoms with van der Waals surface area (Å²) >= 11 is 5.23. The Morgan fingerprint density at radius 1 is 1.38 bits per heavy atom. The smallest absolute Gasteiger partial charge is 0.174 e. The lowest BCUT2D eigenvalue weighted by Crippen LogP contribution is -2.21. The van der Waals surface area contributed by atoms with Gasteiger partial charge in [0.1, 0.15) is 6.33 Å². The van der Waals surface area contributed by atoms with Crippen molar-refractivity contribution >= 4 is 27.3 Å². The highest BCUT2D eigenvalue weighted by molar-refractivity contribution is 9.11. The van der Waals surface area contributed by atoms with Gasteiger partial charge in [-0.1, -0.05) is 0 Å². The summed E-state index contributed by atoms with van der Waals surface area (Å²) in [6, 6.07) is 2.14. The Balaban J connectivity index is 2.53. The van der Waals surface area contributed by atoms with Gasteiger partial charge in [-0.05, 0) is 55.3 Å². The van der Waals surface area contributed by atoms with Crippen LogP contribution in [0, 0.1) is 6.92 Å². The second kappa shape index (κ2) is 3.96. The molecular weight excluding hydrogens is 286 g/mol. The first-order valence-electron chi connectivity index (χ1n) is 5.06. The van der Waals surface area contributed by atoms with Crippen molar-refractivity contribution in [1.82, 2.24) is 14.8 Å². The quantitative estimate of drug-likeness (QED) is 0.801. The summed E-state index contributed by atoms with van der Waals surface area (Å²) in [5.74, 6) is 0.936. The number of hydrogen-bond acceptors (Lipinski definition) is 3. The van der Waals surface area contributed by atoms with Crippen LogP contribution in [0.3, 0.4) is 0 Å². The fraction of sp³-hybridized carbons (Fsp3) is 0.455. The van der Waals surface area contributed by atoms with E-state index in [4.69, 9.17) is 0 Å². The van der Waals surface area contributed by atoms with Gasteiger partial charge in [0.25, 0.3) is 0 Å². The molecule has 2 aromatic rings. The SMILES string of the molecule is Cc1cc(-c2nncn2C(C)(C)C)sc1Br. The van der Waals surface area contributed by atoms with E-state index < -0.39 is 0 Å². The van der Waals surface area contributed by atoms with Crippen LogP contribution in [-0.4, -0.2) is 14.8 Å². The number of thiophene rings is 1. The molecule has 2 rings (SSSR count). The normalized spacial score (nSPS) is 12.1. The standard InChI is InChI=1S/C11H14BrN3S/c1-7-5-8(16-9(7)12)10-14-13-6-15(10)11(2,3)4/h5-6H,1-4H3. The molecule has 3 nitrogen and oxygen atoms in total. The highest BCUT2D eigenvalue weighted by Crippen LogP contribution is 2.35. The van der Waals surface area contributed by atoms with Crippen LogP contribution in [0.1, 0.15) is 26.3 Å². The summed E-state index contributed by atoms with van der Waals surface area (Å²) in [4.78, 5) is 1.15. The van der Waals surface area contributed by atoms with Crippen molar-refractivity contribution in [1.29, 1.82) is 0 Å². The second-order valence-corrected chi connectivity index (χ2v) is 7.13. The third-order valence-corrected chi connectivity index (χ3v) is 4.48. The molecule has 0 aromatic carbocycles. The maximum atomic E-state index is 4.21. The molecule has 0 bridgehead atoms. The number of aromatic nitrogens is 3. The minimum absolute atomic E-state index is 0.00318. The number of aryl methyl sites for hydroxylation is 1. The average Bonchev–Trinajstić information content (AvgIpc) is 2.72. The highest BCUT2D eigenvalue weighted by Gasteiger charge is 2.20. The average molecular weight is 300 g/mol. The van der Waals surface area contributed by atoms with Gasteiger partial charge in [0, 0.05) is 5.54 Å². The Kier molecular flexibility index (Phi) is 2.92. The van der Waals surface area contributed by atoms with Gasteiger partial charge in [-0.15, -0.1) is 21.5 Å². The Morgan fingerprint density at radius 2 is 2.06 bits per heavy atom. The van der Waals surface area contributed by atoms with Crippen LogP contribution in [0.4, 0.5) is 0 Å². The Hall–Kier alpha value is -0.680. The molecule has 2 heterocycles. The molecule has 0 unspecified atom stereocenters. The summed E-state index contributed by atoms with van der Waals surface area (Å²) in [5, 5.41) is 8.22. The van der Waals surface area contributed by atoms with E-state index in [1.54, 1.807) is 17.7 Å². The van der Waals surface area contributed by atoms with E-state index in [0.717, 1.165) is 14.5 Å². The van der Waals surface area contributed by atoms with Crippen LogP contribution in [0.5, 0.6) is 0 Å². The number of nitrogens with zero attached hydrogens (tertiary/aromatic N) is 3. The van der Waals surface area contributed by atoms with E-state index in [9.17, 15) is 0 Å². The fourth-order valence-electron chi connectivity index (χ4n) is 1.46. The lowest BCUT2D eigenvalue weighted by atomic mass is 10.1. The summed E-state index contributed by atoms with van der Waals surface area (Å²) in [6.45, 7) is 8.53. The molecule has 0 saturated heterocycles. The first-order chi connectivity index (χ1) is 7.39. The highest BCUT2D eigenvalue weighted by atomic mass is 79.9. The van der Waals surface area contributed by atoms with Crippen molar-refractivity contribution < 1.29 is 0 Å². The third kappa shape index (κ3) is 2.06. The Bertz CT molecular complexity index is 488. The molecule has 0 N–H and O–H groups in total. The number of hydrogen-bond donors (Lipinski definition) is 0. The maximum absolute atomic E-state index is 4.21. The maximum Gasteiger partial charge on any atom is 0.174 e. The van der Waals surface area contributed by atoms with Gasteiger partial charge in [0.05, 0.1) is 8.66 Å². The summed E-state index contributed by atoms with van der Waals surface area (Å²) < 4.78 is 3.26. The van der Waals surface area contributed by atoms with Gasteiger partial charge in [-0.2, -0.15) is 0 Å². The lowest BCUT2D eigenvalue weighted by Gasteiger charge is -2.21. The molecular formula is C11H14BrN3S. The zero-order chi connectivity index (χ0) is 11.9. The Labute approximate surface area is 108 Å². The topological polar surface area (TPSA) is 30.7 Å². The predicted molar refractivity (Wildman–Crippen MR) is 70.8 cm³/mol. The third-order valence-electron chi connectivity index (χ3n) is 2.35. The van der Waals surface area contributed by atoms with Crippen molar-refractivity contribution in [3.05, 3.63) is 21.7 Å². The van der Waals surface area contributed by atoms with Crippen molar-refractivity contribution in [2.45, 2.75) is 33.2 Å². The molecule has 0 aliphatic heterocycles. The molecule has 5 heteroatoms. The minimum atomic E-state index is 0.00318. The summed E-state index contributed by atoms with van der Waals surface area (Å²) in [6.07, 6.45) is 1.79. The fourth-order valence-corrected chi connectivity index (χ4v) is 2.98. The summed E-state index contributed by atoms with van der Waals surface area (Å²) in [7, 11) is 0. The van der Waals surface area contributed by atoms with Crippen LogP contribution in [0.2, 0.25) is 0 Å². The van der Waals surface area contributed by atoms with Crippen molar-refractivity contribution in [2.75, 3.05) is 0 Å². The largest absolute Gasteiger partial charge is 0.308 e. The van der Waals surface area contributed by atoms with E-state index in [-0.39, 0.29) is 5.54 Å². The molecule has 0 radical (unpaired) electrons. The molecule has 2 aromatic heterocycles. The van der Waals surface area contributed by atoms with Gasteiger partial charge < -0.3 is 4.57 Å². The van der Waals surface area contributed by atoms with Crippen molar-refractivity contribution in [2.24, 2.45) is 0 Å². The van der Waals surface area contributed by atoms with Crippen LogP contribution in [0.25, 0.3) is 10.7 Å². The molecule has 0 saturated carbocycles. The first-order valence-corrected chi connectivity index (χ1v) is 6.67. The van der Waals surface area contributed by atoms with Crippen LogP contribution in [0.15, 0.2) is 16.2 Å². The van der Waals surface area contributed by atoms with Gasteiger partial charge in [-0.25, -0.2) is 0 Å². The summed E-state index contributed by atoms with van der Waals surface area (Å²) in [5.41, 5.74) is 1.24. The zero-order valence-corrected chi connectivity index (χ0v) is 12.2. The Morgan fingerprint density at radius 3 is 2.56 bits per heavy atom. The van der Waals surface area contributed by atoms with Gasteiger partial charge in [-0.3, -0.25) is 0 Å². The monoisotopic (exact) mass is 299 g/mol. The molecule has 0 aliphatic rings. The second-order valence-electron chi connectivity index (χ2n) is 4.76. The van der Waals surface area contributed by atoms with Gasteiger partial charge in [0.15, 0.2) is 5.82 Å². The molecule has 0 amide bonds. The van der Waals surface area contributed by atoms with Gasteiger partial charge in [0.2, 0.25) is 0 Å². The van der Waals surface area contributed by atoms with E-state index in [1.807, 2.05) is 0 Å². The molecule has 16 heavy (non-hydrogen) atoms. The molecule has 0 aliphatic carbocycles. The molecule has 86 valence electrons. The van der Waals surface area contributed by atoms with Gasteiger partial charge >= 0.3 is 0 Å². The molecule has 0 fully saturated rings. The van der Waals surface area contributed by atoms with Crippen LogP contribution in [-0.2, 0) is 5.54 Å². The number of rotatable bonds is 1. The van der Waals surface area contributed by atoms with E-state index in [1.165, 1.54) is 5.56 Å². The number of halogens is 1. The minimum Gasteiger partial charge on any atom is -0.308 e. The van der Waals surface area contributed by atoms with E-state index in [2.05, 4.69) is 64.5 Å². The van der Waals surface area contributed by atoms with Crippen LogP contribution >= 0.6 is 27.3 Å². The van der Waals surface area contributed by atoms with Crippen LogP contribution < -0.4 is 0 Å². The van der Waals surface area contributed by atoms with E-state index in [0.29, 0.717) is 0 Å². The predicted octanol–water partition coefficient (Wildman–Crippen LogP) is 3.83. The van der Waals surface area contributed by atoms with E-state index >= 15 is 0 Å². The lowest BCUT2D eigenvalue weighted by molar-refractivity contribution is 0.400. The zero-order valence-electron chi connectivity index (χ0n) is 9.78. The molecule has 0 spiro atoms. The van der Waals surface area contributed by atoms with Crippen molar-refractivity contribution in [3.8, 4) is 10.7 Å². The molecule has 0 atom stereocenters. The first kappa shape index (κ1) is 11.8.